The standard InChI is InChI=1S/C13H20O2/c14-12-10-8-6-4-2-1-3-5-7-9-11-13-15/h14-15H,1-7,12-13H2. The lowest BCUT2D eigenvalue weighted by Gasteiger charge is -1.96. The molecule has 0 atom stereocenters. The lowest BCUT2D eigenvalue weighted by Crippen LogP contribution is -1.79. The zero-order chi connectivity index (χ0) is 11.2. The van der Waals surface area contributed by atoms with Crippen LogP contribution in [0.4, 0.5) is 0 Å². The van der Waals surface area contributed by atoms with E-state index in [1.165, 1.54) is 19.3 Å². The summed E-state index contributed by atoms with van der Waals surface area (Å²) in [4.78, 5) is 0. The third-order valence-corrected chi connectivity index (χ3v) is 2.01. The average molecular weight is 208 g/mol. The van der Waals surface area contributed by atoms with Gasteiger partial charge in [-0.1, -0.05) is 31.1 Å². The lowest BCUT2D eigenvalue weighted by atomic mass is 10.1. The van der Waals surface area contributed by atoms with E-state index in [4.69, 9.17) is 10.2 Å². The van der Waals surface area contributed by atoms with Crippen molar-refractivity contribution in [3.63, 3.8) is 0 Å². The molecule has 2 N–H and O–H groups in total. The number of aliphatic hydroxyl groups excluding tert-OH is 2. The summed E-state index contributed by atoms with van der Waals surface area (Å²) in [6, 6.07) is 0. The molecule has 0 heterocycles. The first-order valence-electron chi connectivity index (χ1n) is 5.55. The van der Waals surface area contributed by atoms with Crippen molar-refractivity contribution in [2.45, 2.75) is 44.9 Å². The molecule has 2 nitrogen and oxygen atoms in total. The molecule has 0 saturated heterocycles. The summed E-state index contributed by atoms with van der Waals surface area (Å²) in [5.74, 6) is 11.1. The van der Waals surface area contributed by atoms with Gasteiger partial charge in [0, 0.05) is 12.8 Å². The predicted molar refractivity (Wildman–Crippen MR) is 62.0 cm³/mol. The van der Waals surface area contributed by atoms with Crippen LogP contribution < -0.4 is 0 Å². The summed E-state index contributed by atoms with van der Waals surface area (Å²) in [7, 11) is 0. The molecule has 0 radical (unpaired) electrons. The molecule has 0 spiro atoms. The largest absolute Gasteiger partial charge is 0.384 e. The fourth-order valence-electron chi connectivity index (χ4n) is 1.25. The lowest BCUT2D eigenvalue weighted by molar-refractivity contribution is 0.350. The second-order valence-electron chi connectivity index (χ2n) is 3.29. The van der Waals surface area contributed by atoms with Gasteiger partial charge in [-0.05, 0) is 12.8 Å². The molecule has 0 aliphatic heterocycles. The number of aliphatic hydroxyl groups is 2. The van der Waals surface area contributed by atoms with Crippen molar-refractivity contribution in [3.8, 4) is 23.7 Å². The zero-order valence-corrected chi connectivity index (χ0v) is 9.26. The molecule has 0 aliphatic carbocycles. The van der Waals surface area contributed by atoms with Gasteiger partial charge in [0.1, 0.15) is 13.2 Å². The van der Waals surface area contributed by atoms with Crippen molar-refractivity contribution in [1.29, 1.82) is 0 Å². The molecule has 0 fully saturated rings. The van der Waals surface area contributed by atoms with Crippen LogP contribution in [0.3, 0.4) is 0 Å². The van der Waals surface area contributed by atoms with Gasteiger partial charge in [0.15, 0.2) is 0 Å². The molecule has 0 aliphatic rings. The highest BCUT2D eigenvalue weighted by molar-refractivity contribution is 4.98. The van der Waals surface area contributed by atoms with Crippen molar-refractivity contribution in [2.75, 3.05) is 13.2 Å². The first kappa shape index (κ1) is 14.0. The Bertz CT molecular complexity index is 211. The molecule has 15 heavy (non-hydrogen) atoms. The number of hydrogen-bond donors (Lipinski definition) is 2. The number of unbranched alkanes of at least 4 members (excludes halogenated alkanes) is 6. The molecule has 0 aromatic heterocycles. The quantitative estimate of drug-likeness (QED) is 0.515. The topological polar surface area (TPSA) is 40.5 Å². The van der Waals surface area contributed by atoms with Gasteiger partial charge in [0.25, 0.3) is 0 Å². The molecule has 0 amide bonds. The Morgan fingerprint density at radius 2 is 0.933 bits per heavy atom. The maximum Gasteiger partial charge on any atom is 0.104 e. The van der Waals surface area contributed by atoms with E-state index >= 15 is 0 Å². The summed E-state index contributed by atoms with van der Waals surface area (Å²) < 4.78 is 0. The molecule has 0 aromatic rings. The van der Waals surface area contributed by atoms with Gasteiger partial charge in [-0.2, -0.15) is 0 Å². The number of hydrogen-bond acceptors (Lipinski definition) is 2. The summed E-state index contributed by atoms with van der Waals surface area (Å²) in [5.41, 5.74) is 0. The molecule has 0 aromatic carbocycles. The normalized spacial score (nSPS) is 8.67. The van der Waals surface area contributed by atoms with Crippen LogP contribution >= 0.6 is 0 Å². The SMILES string of the molecule is OCC#CCCCCCCCC#CCO. The summed E-state index contributed by atoms with van der Waals surface area (Å²) in [5, 5.41) is 16.8. The Labute approximate surface area is 92.7 Å². The monoisotopic (exact) mass is 208 g/mol. The van der Waals surface area contributed by atoms with E-state index in [2.05, 4.69) is 23.7 Å². The first-order valence-corrected chi connectivity index (χ1v) is 5.55. The first-order chi connectivity index (χ1) is 7.41. The minimum atomic E-state index is -0.0243. The van der Waals surface area contributed by atoms with Gasteiger partial charge in [-0.3, -0.25) is 0 Å². The smallest absolute Gasteiger partial charge is 0.104 e. The molecular formula is C13H20O2. The minimum absolute atomic E-state index is 0.0243. The molecule has 0 rings (SSSR count). The predicted octanol–water partition coefficient (Wildman–Crippen LogP) is 1.71. The Kier molecular flexibility index (Phi) is 12.2. The Balaban J connectivity index is 3.05. The van der Waals surface area contributed by atoms with Gasteiger partial charge in [0.05, 0.1) is 0 Å². The minimum Gasteiger partial charge on any atom is -0.384 e. The van der Waals surface area contributed by atoms with Crippen LogP contribution in [0, 0.1) is 23.7 Å². The van der Waals surface area contributed by atoms with Crippen LogP contribution in [0.1, 0.15) is 44.9 Å². The van der Waals surface area contributed by atoms with Crippen molar-refractivity contribution < 1.29 is 10.2 Å². The highest BCUT2D eigenvalue weighted by atomic mass is 16.3. The second-order valence-corrected chi connectivity index (χ2v) is 3.29. The van der Waals surface area contributed by atoms with Crippen LogP contribution in [0.5, 0.6) is 0 Å². The Hall–Kier alpha value is -0.960. The van der Waals surface area contributed by atoms with Gasteiger partial charge < -0.3 is 10.2 Å². The van der Waals surface area contributed by atoms with Gasteiger partial charge >= 0.3 is 0 Å². The van der Waals surface area contributed by atoms with Gasteiger partial charge in [-0.15, -0.1) is 11.8 Å². The summed E-state index contributed by atoms with van der Waals surface area (Å²) >= 11 is 0. The van der Waals surface area contributed by atoms with E-state index in [0.29, 0.717) is 0 Å². The molecule has 0 unspecified atom stereocenters. The maximum atomic E-state index is 8.41. The van der Waals surface area contributed by atoms with E-state index in [0.717, 1.165) is 25.7 Å². The van der Waals surface area contributed by atoms with Crippen molar-refractivity contribution in [2.24, 2.45) is 0 Å². The van der Waals surface area contributed by atoms with E-state index in [1.807, 2.05) is 0 Å². The van der Waals surface area contributed by atoms with Crippen molar-refractivity contribution >= 4 is 0 Å². The fourth-order valence-corrected chi connectivity index (χ4v) is 1.25. The van der Waals surface area contributed by atoms with Crippen LogP contribution in [-0.4, -0.2) is 23.4 Å². The number of rotatable bonds is 6. The maximum absolute atomic E-state index is 8.41. The average Bonchev–Trinajstić information content (AvgIpc) is 2.26. The second kappa shape index (κ2) is 13.0. The van der Waals surface area contributed by atoms with Gasteiger partial charge in [0.2, 0.25) is 0 Å². The summed E-state index contributed by atoms with van der Waals surface area (Å²) in [6.07, 6.45) is 7.66. The third kappa shape index (κ3) is 13.0. The van der Waals surface area contributed by atoms with Crippen LogP contribution in [-0.2, 0) is 0 Å². The molecule has 0 saturated carbocycles. The van der Waals surface area contributed by atoms with E-state index in [1.54, 1.807) is 0 Å². The molecule has 0 bridgehead atoms. The summed E-state index contributed by atoms with van der Waals surface area (Å²) in [6.45, 7) is -0.0486. The highest BCUT2D eigenvalue weighted by Crippen LogP contribution is 2.06. The van der Waals surface area contributed by atoms with Crippen molar-refractivity contribution in [1.82, 2.24) is 0 Å². The Morgan fingerprint density at radius 3 is 1.33 bits per heavy atom. The zero-order valence-electron chi connectivity index (χ0n) is 9.26. The Morgan fingerprint density at radius 1 is 0.533 bits per heavy atom. The van der Waals surface area contributed by atoms with Crippen molar-refractivity contribution in [3.05, 3.63) is 0 Å². The van der Waals surface area contributed by atoms with E-state index in [9.17, 15) is 0 Å². The van der Waals surface area contributed by atoms with E-state index < -0.39 is 0 Å². The van der Waals surface area contributed by atoms with Crippen LogP contribution in [0.2, 0.25) is 0 Å². The highest BCUT2D eigenvalue weighted by Gasteiger charge is 1.88. The molecule has 84 valence electrons. The van der Waals surface area contributed by atoms with Crippen LogP contribution in [0.15, 0.2) is 0 Å². The molecule has 2 heteroatoms. The fraction of sp³-hybridized carbons (Fsp3) is 0.692. The van der Waals surface area contributed by atoms with Gasteiger partial charge in [-0.25, -0.2) is 0 Å². The van der Waals surface area contributed by atoms with E-state index in [-0.39, 0.29) is 13.2 Å². The molecular weight excluding hydrogens is 188 g/mol. The van der Waals surface area contributed by atoms with Crippen LogP contribution in [0.25, 0.3) is 0 Å². The third-order valence-electron chi connectivity index (χ3n) is 2.01.